The first-order valence-corrected chi connectivity index (χ1v) is 6.74. The van der Waals surface area contributed by atoms with Crippen molar-refractivity contribution in [1.29, 1.82) is 0 Å². The van der Waals surface area contributed by atoms with E-state index in [4.69, 9.17) is 29.6 Å². The first-order chi connectivity index (χ1) is 8.18. The summed E-state index contributed by atoms with van der Waals surface area (Å²) in [5.41, 5.74) is 6.96. The number of benzene rings is 1. The molecule has 92 valence electrons. The number of nitrogens with two attached hydrogens (primary N) is 1. The summed E-state index contributed by atoms with van der Waals surface area (Å²) in [5.74, 6) is 0. The van der Waals surface area contributed by atoms with Gasteiger partial charge in [-0.1, -0.05) is 48.4 Å². The number of halogens is 1. The van der Waals surface area contributed by atoms with Gasteiger partial charge in [0.1, 0.15) is 0 Å². The second-order valence-electron chi connectivity index (χ2n) is 4.48. The third-order valence-corrected chi connectivity index (χ3v) is 3.91. The van der Waals surface area contributed by atoms with Crippen molar-refractivity contribution in [2.75, 3.05) is 6.54 Å². The van der Waals surface area contributed by atoms with Crippen LogP contribution in [0.5, 0.6) is 0 Å². The van der Waals surface area contributed by atoms with E-state index in [1.165, 1.54) is 12.8 Å². The maximum Gasteiger partial charge on any atom is 0.0902 e. The lowest BCUT2D eigenvalue weighted by molar-refractivity contribution is 0.184. The minimum atomic E-state index is 0.232. The highest BCUT2D eigenvalue weighted by molar-refractivity contribution is 7.80. The molecule has 4 heteroatoms. The van der Waals surface area contributed by atoms with Crippen molar-refractivity contribution in [3.05, 3.63) is 34.9 Å². The predicted octanol–water partition coefficient (Wildman–Crippen LogP) is 2.98. The van der Waals surface area contributed by atoms with Crippen molar-refractivity contribution >= 4 is 28.8 Å². The number of nitrogens with zero attached hydrogens (tertiary/aromatic N) is 1. The van der Waals surface area contributed by atoms with Crippen LogP contribution >= 0.6 is 23.8 Å². The molecule has 0 aliphatic carbocycles. The van der Waals surface area contributed by atoms with Crippen LogP contribution in [0.1, 0.15) is 24.8 Å². The van der Waals surface area contributed by atoms with E-state index < -0.39 is 0 Å². The Bertz CT molecular complexity index is 408. The van der Waals surface area contributed by atoms with Gasteiger partial charge in [0.05, 0.1) is 11.0 Å². The van der Waals surface area contributed by atoms with Crippen LogP contribution in [0.25, 0.3) is 0 Å². The Labute approximate surface area is 113 Å². The van der Waals surface area contributed by atoms with Crippen LogP contribution in [-0.2, 0) is 6.54 Å². The quantitative estimate of drug-likeness (QED) is 0.855. The third kappa shape index (κ3) is 3.18. The molecular weight excluding hydrogens is 252 g/mol. The predicted molar refractivity (Wildman–Crippen MR) is 76.3 cm³/mol. The maximum atomic E-state index is 6.18. The van der Waals surface area contributed by atoms with Gasteiger partial charge < -0.3 is 5.73 Å². The number of thiocarbonyl (C=S) groups is 1. The number of rotatable bonds is 3. The van der Waals surface area contributed by atoms with Crippen LogP contribution in [-0.4, -0.2) is 22.5 Å². The number of piperidine rings is 1. The van der Waals surface area contributed by atoms with Crippen molar-refractivity contribution in [2.45, 2.75) is 31.8 Å². The zero-order valence-corrected chi connectivity index (χ0v) is 11.3. The molecule has 1 fully saturated rings. The lowest BCUT2D eigenvalue weighted by Crippen LogP contribution is -2.46. The van der Waals surface area contributed by atoms with Crippen molar-refractivity contribution < 1.29 is 0 Å². The fourth-order valence-corrected chi connectivity index (χ4v) is 2.81. The van der Waals surface area contributed by atoms with Crippen molar-refractivity contribution in [2.24, 2.45) is 5.73 Å². The van der Waals surface area contributed by atoms with Gasteiger partial charge in [-0.2, -0.15) is 0 Å². The molecule has 0 bridgehead atoms. The Balaban J connectivity index is 2.11. The van der Waals surface area contributed by atoms with Crippen LogP contribution in [0.2, 0.25) is 5.02 Å². The maximum absolute atomic E-state index is 6.18. The lowest BCUT2D eigenvalue weighted by atomic mass is 10.0. The lowest BCUT2D eigenvalue weighted by Gasteiger charge is -2.35. The molecule has 0 saturated carbocycles. The van der Waals surface area contributed by atoms with E-state index in [1.807, 2.05) is 18.2 Å². The van der Waals surface area contributed by atoms with Crippen LogP contribution in [0.3, 0.4) is 0 Å². The molecule has 2 N–H and O–H groups in total. The fourth-order valence-electron chi connectivity index (χ4n) is 2.35. The van der Waals surface area contributed by atoms with Gasteiger partial charge in [-0.3, -0.25) is 4.90 Å². The summed E-state index contributed by atoms with van der Waals surface area (Å²) in [7, 11) is 0. The van der Waals surface area contributed by atoms with Gasteiger partial charge in [0, 0.05) is 11.6 Å². The Morgan fingerprint density at radius 3 is 2.88 bits per heavy atom. The molecule has 1 aromatic carbocycles. The average Bonchev–Trinajstić information content (AvgIpc) is 2.32. The third-order valence-electron chi connectivity index (χ3n) is 3.27. The SMILES string of the molecule is NC(=S)C1CCCCN1Cc1ccccc1Cl. The Kier molecular flexibility index (Phi) is 4.37. The van der Waals surface area contributed by atoms with E-state index in [0.29, 0.717) is 4.99 Å². The van der Waals surface area contributed by atoms with Crippen molar-refractivity contribution in [3.8, 4) is 0 Å². The average molecular weight is 269 g/mol. The van der Waals surface area contributed by atoms with Crippen LogP contribution in [0, 0.1) is 0 Å². The summed E-state index contributed by atoms with van der Waals surface area (Å²) in [6.07, 6.45) is 3.49. The molecule has 1 heterocycles. The molecular formula is C13H17ClN2S. The van der Waals surface area contributed by atoms with Crippen molar-refractivity contribution in [1.82, 2.24) is 4.90 Å². The summed E-state index contributed by atoms with van der Waals surface area (Å²) < 4.78 is 0. The summed E-state index contributed by atoms with van der Waals surface area (Å²) in [6, 6.07) is 8.19. The topological polar surface area (TPSA) is 29.3 Å². The highest BCUT2D eigenvalue weighted by Crippen LogP contribution is 2.23. The minimum absolute atomic E-state index is 0.232. The standard InChI is InChI=1S/C13H17ClN2S/c14-11-6-2-1-5-10(11)9-16-8-4-3-7-12(16)13(15)17/h1-2,5-6,12H,3-4,7-9H2,(H2,15,17). The van der Waals surface area contributed by atoms with E-state index in [0.717, 1.165) is 30.1 Å². The molecule has 17 heavy (non-hydrogen) atoms. The van der Waals surface area contributed by atoms with E-state index >= 15 is 0 Å². The number of likely N-dealkylation sites (tertiary alicyclic amines) is 1. The van der Waals surface area contributed by atoms with E-state index in [2.05, 4.69) is 11.0 Å². The van der Waals surface area contributed by atoms with Gasteiger partial charge in [-0.25, -0.2) is 0 Å². The Morgan fingerprint density at radius 2 is 2.18 bits per heavy atom. The van der Waals surface area contributed by atoms with Gasteiger partial charge in [0.25, 0.3) is 0 Å². The Morgan fingerprint density at radius 1 is 1.41 bits per heavy atom. The molecule has 1 aliphatic rings. The molecule has 1 unspecified atom stereocenters. The zero-order valence-electron chi connectivity index (χ0n) is 9.73. The molecule has 2 rings (SSSR count). The summed E-state index contributed by atoms with van der Waals surface area (Å²) in [5, 5.41) is 0.819. The van der Waals surface area contributed by atoms with Crippen LogP contribution in [0.4, 0.5) is 0 Å². The molecule has 0 amide bonds. The van der Waals surface area contributed by atoms with Gasteiger partial charge >= 0.3 is 0 Å². The first kappa shape index (κ1) is 12.8. The Hall–Kier alpha value is -0.640. The second kappa shape index (κ2) is 5.80. The smallest absolute Gasteiger partial charge is 0.0902 e. The van der Waals surface area contributed by atoms with E-state index in [-0.39, 0.29) is 6.04 Å². The molecule has 0 radical (unpaired) electrons. The monoisotopic (exact) mass is 268 g/mol. The van der Waals surface area contributed by atoms with E-state index in [1.54, 1.807) is 0 Å². The second-order valence-corrected chi connectivity index (χ2v) is 5.35. The largest absolute Gasteiger partial charge is 0.392 e. The molecule has 2 nitrogen and oxygen atoms in total. The fraction of sp³-hybridized carbons (Fsp3) is 0.462. The molecule has 1 atom stereocenters. The van der Waals surface area contributed by atoms with Crippen LogP contribution < -0.4 is 5.73 Å². The number of hydrogen-bond acceptors (Lipinski definition) is 2. The number of hydrogen-bond donors (Lipinski definition) is 1. The summed E-state index contributed by atoms with van der Waals surface area (Å²) in [4.78, 5) is 2.95. The molecule has 1 saturated heterocycles. The summed E-state index contributed by atoms with van der Waals surface area (Å²) >= 11 is 11.3. The molecule has 1 aliphatic heterocycles. The molecule has 0 spiro atoms. The van der Waals surface area contributed by atoms with Crippen molar-refractivity contribution in [3.63, 3.8) is 0 Å². The normalized spacial score (nSPS) is 21.4. The molecule has 1 aromatic rings. The highest BCUT2D eigenvalue weighted by Gasteiger charge is 2.24. The van der Waals surface area contributed by atoms with Gasteiger partial charge in [-0.05, 0) is 31.0 Å². The van der Waals surface area contributed by atoms with Gasteiger partial charge in [0.2, 0.25) is 0 Å². The minimum Gasteiger partial charge on any atom is -0.392 e. The first-order valence-electron chi connectivity index (χ1n) is 5.95. The zero-order chi connectivity index (χ0) is 12.3. The van der Waals surface area contributed by atoms with Gasteiger partial charge in [0.15, 0.2) is 0 Å². The molecule has 0 aromatic heterocycles. The van der Waals surface area contributed by atoms with Gasteiger partial charge in [-0.15, -0.1) is 0 Å². The summed E-state index contributed by atoms with van der Waals surface area (Å²) in [6.45, 7) is 1.88. The highest BCUT2D eigenvalue weighted by atomic mass is 35.5. The van der Waals surface area contributed by atoms with E-state index in [9.17, 15) is 0 Å². The van der Waals surface area contributed by atoms with Crippen LogP contribution in [0.15, 0.2) is 24.3 Å².